The van der Waals surface area contributed by atoms with Crippen molar-refractivity contribution < 1.29 is 13.9 Å². The molecule has 0 N–H and O–H groups in total. The van der Waals surface area contributed by atoms with Crippen LogP contribution >= 0.6 is 0 Å². The molecule has 5 nitrogen and oxygen atoms in total. The van der Waals surface area contributed by atoms with Crippen molar-refractivity contribution >= 4 is 5.78 Å². The van der Waals surface area contributed by atoms with Crippen LogP contribution in [0.15, 0.2) is 52.9 Å². The van der Waals surface area contributed by atoms with E-state index in [-0.39, 0.29) is 11.9 Å². The summed E-state index contributed by atoms with van der Waals surface area (Å²) >= 11 is 0. The number of aryl methyl sites for hydroxylation is 1. The molecular formula is C20H18N2O3. The molecule has 0 saturated heterocycles. The van der Waals surface area contributed by atoms with Crippen LogP contribution in [-0.2, 0) is 6.42 Å². The smallest absolute Gasteiger partial charge is 0.257 e. The second-order valence-corrected chi connectivity index (χ2v) is 6.17. The van der Waals surface area contributed by atoms with Crippen molar-refractivity contribution in [1.29, 1.82) is 0 Å². The zero-order chi connectivity index (χ0) is 17.2. The predicted octanol–water partition coefficient (Wildman–Crippen LogP) is 4.40. The number of nitrogens with zero attached hydrogens (tertiary/aromatic N) is 2. The molecule has 0 bridgehead atoms. The third-order valence-electron chi connectivity index (χ3n) is 4.35. The largest absolute Gasteiger partial charge is 0.481 e. The van der Waals surface area contributed by atoms with Gasteiger partial charge < -0.3 is 9.15 Å². The van der Waals surface area contributed by atoms with Crippen molar-refractivity contribution in [2.24, 2.45) is 0 Å². The molecular weight excluding hydrogens is 316 g/mol. The maximum Gasteiger partial charge on any atom is 0.257 e. The minimum Gasteiger partial charge on any atom is -0.481 e. The molecule has 1 heterocycles. The van der Waals surface area contributed by atoms with E-state index in [0.717, 1.165) is 29.5 Å². The number of carbonyl (C=O) groups is 1. The van der Waals surface area contributed by atoms with Crippen LogP contribution in [0.2, 0.25) is 0 Å². The summed E-state index contributed by atoms with van der Waals surface area (Å²) < 4.78 is 11.7. The van der Waals surface area contributed by atoms with E-state index >= 15 is 0 Å². The lowest BCUT2D eigenvalue weighted by atomic mass is 9.90. The van der Waals surface area contributed by atoms with Gasteiger partial charge in [0.05, 0.1) is 0 Å². The summed E-state index contributed by atoms with van der Waals surface area (Å²) in [5.41, 5.74) is 2.74. The van der Waals surface area contributed by atoms with Gasteiger partial charge in [-0.25, -0.2) is 0 Å². The lowest BCUT2D eigenvalue weighted by molar-refractivity contribution is 0.0972. The molecule has 0 saturated carbocycles. The van der Waals surface area contributed by atoms with E-state index in [0.29, 0.717) is 24.0 Å². The van der Waals surface area contributed by atoms with Crippen LogP contribution < -0.4 is 4.74 Å². The summed E-state index contributed by atoms with van der Waals surface area (Å²) in [6.45, 7) is 1.87. The molecule has 3 aromatic rings. The topological polar surface area (TPSA) is 65.2 Å². The molecule has 0 aliphatic heterocycles. The van der Waals surface area contributed by atoms with Crippen molar-refractivity contribution in [2.75, 3.05) is 0 Å². The van der Waals surface area contributed by atoms with E-state index < -0.39 is 0 Å². The summed E-state index contributed by atoms with van der Waals surface area (Å²) in [4.78, 5) is 11.9. The number of hydrogen-bond acceptors (Lipinski definition) is 5. The Morgan fingerprint density at radius 2 is 1.92 bits per heavy atom. The first-order chi connectivity index (χ1) is 12.2. The van der Waals surface area contributed by atoms with Gasteiger partial charge in [-0.3, -0.25) is 4.79 Å². The second kappa shape index (κ2) is 6.51. The zero-order valence-electron chi connectivity index (χ0n) is 13.9. The van der Waals surface area contributed by atoms with E-state index in [1.165, 1.54) is 0 Å². The van der Waals surface area contributed by atoms with Crippen LogP contribution in [0.25, 0.3) is 11.5 Å². The molecule has 1 unspecified atom stereocenters. The lowest BCUT2D eigenvalue weighted by Gasteiger charge is -2.17. The lowest BCUT2D eigenvalue weighted by Crippen LogP contribution is -2.11. The summed E-state index contributed by atoms with van der Waals surface area (Å²) in [7, 11) is 0. The molecule has 126 valence electrons. The van der Waals surface area contributed by atoms with Gasteiger partial charge in [-0.05, 0) is 55.7 Å². The Hall–Kier alpha value is -2.95. The number of ketones is 1. The minimum atomic E-state index is -0.373. The molecule has 0 radical (unpaired) electrons. The van der Waals surface area contributed by atoms with Gasteiger partial charge in [-0.15, -0.1) is 10.2 Å². The standard InChI is InChI=1S/C20H18N2O3/c1-13(19-21-22-20(25-19)14-6-3-2-4-7-14)24-16-10-11-17-15(12-16)8-5-9-18(17)23/h2-4,6-7,10-13H,5,8-9H2,1H3. The predicted molar refractivity (Wildman–Crippen MR) is 92.5 cm³/mol. The first kappa shape index (κ1) is 15.6. The average Bonchev–Trinajstić information content (AvgIpc) is 3.13. The minimum absolute atomic E-state index is 0.213. The number of Topliss-reactive ketones (excluding diaryl/α,β-unsaturated/α-hetero) is 1. The number of aromatic nitrogens is 2. The number of benzene rings is 2. The van der Waals surface area contributed by atoms with Crippen molar-refractivity contribution in [2.45, 2.75) is 32.3 Å². The number of rotatable bonds is 4. The zero-order valence-corrected chi connectivity index (χ0v) is 13.9. The fourth-order valence-corrected chi connectivity index (χ4v) is 3.05. The van der Waals surface area contributed by atoms with Gasteiger partial charge in [0.25, 0.3) is 5.89 Å². The monoisotopic (exact) mass is 334 g/mol. The second-order valence-electron chi connectivity index (χ2n) is 6.17. The van der Waals surface area contributed by atoms with Crippen LogP contribution in [0.5, 0.6) is 5.75 Å². The van der Waals surface area contributed by atoms with Crippen molar-refractivity contribution in [3.8, 4) is 17.2 Å². The summed E-state index contributed by atoms with van der Waals surface area (Å²) in [6, 6.07) is 15.2. The van der Waals surface area contributed by atoms with E-state index in [2.05, 4.69) is 10.2 Å². The number of hydrogen-bond donors (Lipinski definition) is 0. The molecule has 0 spiro atoms. The summed E-state index contributed by atoms with van der Waals surface area (Å²) in [6.07, 6.45) is 2.07. The SMILES string of the molecule is CC(Oc1ccc2c(c1)CCCC2=O)c1nnc(-c2ccccc2)o1. The third kappa shape index (κ3) is 3.18. The number of carbonyl (C=O) groups excluding carboxylic acids is 1. The van der Waals surface area contributed by atoms with E-state index in [1.807, 2.05) is 55.5 Å². The van der Waals surface area contributed by atoms with Gasteiger partial charge >= 0.3 is 0 Å². The third-order valence-corrected chi connectivity index (χ3v) is 4.35. The summed E-state index contributed by atoms with van der Waals surface area (Å²) in [5, 5.41) is 8.18. The molecule has 2 aromatic carbocycles. The summed E-state index contributed by atoms with van der Waals surface area (Å²) in [5.74, 6) is 1.82. The highest BCUT2D eigenvalue weighted by Gasteiger charge is 2.20. The van der Waals surface area contributed by atoms with Gasteiger partial charge in [0.1, 0.15) is 5.75 Å². The van der Waals surface area contributed by atoms with Crippen LogP contribution in [-0.4, -0.2) is 16.0 Å². The van der Waals surface area contributed by atoms with Gasteiger partial charge in [0.15, 0.2) is 11.9 Å². The van der Waals surface area contributed by atoms with Crippen molar-refractivity contribution in [3.05, 3.63) is 65.5 Å². The molecule has 5 heteroatoms. The highest BCUT2D eigenvalue weighted by molar-refractivity contribution is 5.98. The fourth-order valence-electron chi connectivity index (χ4n) is 3.05. The van der Waals surface area contributed by atoms with Crippen LogP contribution in [0.1, 0.15) is 47.7 Å². The van der Waals surface area contributed by atoms with Gasteiger partial charge in [-0.1, -0.05) is 18.2 Å². The Morgan fingerprint density at radius 3 is 2.76 bits per heavy atom. The Bertz CT molecular complexity index is 902. The van der Waals surface area contributed by atoms with Crippen LogP contribution in [0, 0.1) is 0 Å². The molecule has 0 fully saturated rings. The molecule has 1 aliphatic rings. The van der Waals surface area contributed by atoms with Gasteiger partial charge in [-0.2, -0.15) is 0 Å². The first-order valence-corrected chi connectivity index (χ1v) is 8.42. The molecule has 4 rings (SSSR count). The number of fused-ring (bicyclic) bond motifs is 1. The van der Waals surface area contributed by atoms with E-state index in [4.69, 9.17) is 9.15 Å². The Balaban J connectivity index is 1.52. The van der Waals surface area contributed by atoms with Gasteiger partial charge in [0.2, 0.25) is 5.89 Å². The molecule has 1 aliphatic carbocycles. The van der Waals surface area contributed by atoms with Crippen LogP contribution in [0.4, 0.5) is 0 Å². The van der Waals surface area contributed by atoms with Crippen molar-refractivity contribution in [1.82, 2.24) is 10.2 Å². The highest BCUT2D eigenvalue weighted by atomic mass is 16.5. The van der Waals surface area contributed by atoms with Crippen LogP contribution in [0.3, 0.4) is 0 Å². The highest BCUT2D eigenvalue weighted by Crippen LogP contribution is 2.29. The normalized spacial score (nSPS) is 14.8. The molecule has 1 atom stereocenters. The number of ether oxygens (including phenoxy) is 1. The van der Waals surface area contributed by atoms with Gasteiger partial charge in [0, 0.05) is 17.5 Å². The Morgan fingerprint density at radius 1 is 1.08 bits per heavy atom. The fraction of sp³-hybridized carbons (Fsp3) is 0.250. The maximum atomic E-state index is 11.9. The average molecular weight is 334 g/mol. The van der Waals surface area contributed by atoms with Crippen molar-refractivity contribution in [3.63, 3.8) is 0 Å². The van der Waals surface area contributed by atoms with E-state index in [1.54, 1.807) is 0 Å². The van der Waals surface area contributed by atoms with E-state index in [9.17, 15) is 4.79 Å². The Kier molecular flexibility index (Phi) is 4.06. The molecule has 1 aromatic heterocycles. The maximum absolute atomic E-state index is 11.9. The Labute approximate surface area is 145 Å². The molecule has 0 amide bonds. The quantitative estimate of drug-likeness (QED) is 0.708. The molecule has 25 heavy (non-hydrogen) atoms. The first-order valence-electron chi connectivity index (χ1n) is 8.42.